The van der Waals surface area contributed by atoms with Crippen LogP contribution in [0.4, 0.5) is 5.69 Å². The number of carbonyl (C=O) groups is 1. The summed E-state index contributed by atoms with van der Waals surface area (Å²) < 4.78 is 16.5. The van der Waals surface area contributed by atoms with Gasteiger partial charge >= 0.3 is 5.97 Å². The molecule has 0 aromatic heterocycles. The zero-order chi connectivity index (χ0) is 15.6. The van der Waals surface area contributed by atoms with Gasteiger partial charge in [-0.1, -0.05) is 0 Å². The normalized spacial score (nSPS) is 18.1. The van der Waals surface area contributed by atoms with Gasteiger partial charge in [0.2, 0.25) is 0 Å². The summed E-state index contributed by atoms with van der Waals surface area (Å²) in [7, 11) is 0. The highest BCUT2D eigenvalue weighted by molar-refractivity contribution is 5.87. The Morgan fingerprint density at radius 2 is 2.05 bits per heavy atom. The largest absolute Gasteiger partial charge is 0.478 e. The van der Waals surface area contributed by atoms with E-state index < -0.39 is 5.97 Å². The molecule has 1 aliphatic heterocycles. The molecule has 6 heteroatoms. The standard InChI is InChI=1S/C16H23NO5/c18-16(19)13-4-6-14(7-5-13)17-8-10-20-11-12-22-15-3-1-2-9-21-15/h4-7,15,17H,1-3,8-12H2,(H,18,19). The van der Waals surface area contributed by atoms with Crippen LogP contribution in [0.2, 0.25) is 0 Å². The summed E-state index contributed by atoms with van der Waals surface area (Å²) in [5.41, 5.74) is 1.16. The number of aromatic carboxylic acids is 1. The smallest absolute Gasteiger partial charge is 0.335 e. The first-order chi connectivity index (χ1) is 10.8. The Morgan fingerprint density at radius 1 is 1.23 bits per heavy atom. The number of carboxylic acid groups (broad SMARTS) is 1. The molecule has 1 saturated heterocycles. The molecule has 0 radical (unpaired) electrons. The Hall–Kier alpha value is -1.63. The summed E-state index contributed by atoms with van der Waals surface area (Å²) in [5, 5.41) is 12.0. The first-order valence-corrected chi connectivity index (χ1v) is 7.64. The van der Waals surface area contributed by atoms with Crippen molar-refractivity contribution >= 4 is 11.7 Å². The minimum Gasteiger partial charge on any atom is -0.478 e. The minimum absolute atomic E-state index is 0.0665. The van der Waals surface area contributed by atoms with Crippen LogP contribution in [0.3, 0.4) is 0 Å². The van der Waals surface area contributed by atoms with Crippen molar-refractivity contribution in [3.63, 3.8) is 0 Å². The average molecular weight is 309 g/mol. The highest BCUT2D eigenvalue weighted by Gasteiger charge is 2.13. The molecule has 0 aliphatic carbocycles. The van der Waals surface area contributed by atoms with E-state index in [-0.39, 0.29) is 11.9 Å². The van der Waals surface area contributed by atoms with Crippen LogP contribution in [0, 0.1) is 0 Å². The Labute approximate surface area is 130 Å². The number of carboxylic acids is 1. The number of hydrogen-bond donors (Lipinski definition) is 2. The summed E-state index contributed by atoms with van der Waals surface area (Å²) >= 11 is 0. The van der Waals surface area contributed by atoms with E-state index >= 15 is 0 Å². The van der Waals surface area contributed by atoms with Gasteiger partial charge in [0.1, 0.15) is 0 Å². The van der Waals surface area contributed by atoms with Crippen molar-refractivity contribution < 1.29 is 24.1 Å². The van der Waals surface area contributed by atoms with Crippen LogP contribution in [0.1, 0.15) is 29.6 Å². The number of hydrogen-bond acceptors (Lipinski definition) is 5. The maximum atomic E-state index is 10.7. The number of benzene rings is 1. The summed E-state index contributed by atoms with van der Waals surface area (Å²) in [6.07, 6.45) is 3.18. The van der Waals surface area contributed by atoms with Gasteiger partial charge in [0.25, 0.3) is 0 Å². The van der Waals surface area contributed by atoms with Gasteiger partial charge in [-0.05, 0) is 43.5 Å². The van der Waals surface area contributed by atoms with E-state index in [1.807, 2.05) is 0 Å². The number of rotatable bonds is 9. The Kier molecular flexibility index (Phi) is 7.15. The molecule has 22 heavy (non-hydrogen) atoms. The predicted molar refractivity (Wildman–Crippen MR) is 82.3 cm³/mol. The van der Waals surface area contributed by atoms with Gasteiger partial charge in [-0.3, -0.25) is 0 Å². The zero-order valence-corrected chi connectivity index (χ0v) is 12.6. The van der Waals surface area contributed by atoms with Gasteiger partial charge < -0.3 is 24.6 Å². The second-order valence-electron chi connectivity index (χ2n) is 5.09. The molecule has 0 spiro atoms. The van der Waals surface area contributed by atoms with Crippen molar-refractivity contribution in [2.45, 2.75) is 25.6 Å². The zero-order valence-electron chi connectivity index (χ0n) is 12.6. The van der Waals surface area contributed by atoms with Gasteiger partial charge in [-0.15, -0.1) is 0 Å². The lowest BCUT2D eigenvalue weighted by Crippen LogP contribution is -2.24. The van der Waals surface area contributed by atoms with Crippen LogP contribution in [-0.4, -0.2) is 50.3 Å². The van der Waals surface area contributed by atoms with Crippen molar-refractivity contribution in [3.05, 3.63) is 29.8 Å². The maximum absolute atomic E-state index is 10.7. The molecule has 0 bridgehead atoms. The number of ether oxygens (including phenoxy) is 3. The van der Waals surface area contributed by atoms with Gasteiger partial charge in [-0.25, -0.2) is 4.79 Å². The molecule has 2 N–H and O–H groups in total. The molecule has 1 aliphatic rings. The molecule has 1 unspecified atom stereocenters. The Bertz CT molecular complexity index is 442. The van der Waals surface area contributed by atoms with Crippen molar-refractivity contribution in [3.8, 4) is 0 Å². The lowest BCUT2D eigenvalue weighted by Gasteiger charge is -2.22. The molecule has 1 fully saturated rings. The molecule has 2 rings (SSSR count). The topological polar surface area (TPSA) is 77.0 Å². The lowest BCUT2D eigenvalue weighted by atomic mass is 10.2. The van der Waals surface area contributed by atoms with E-state index in [1.165, 1.54) is 0 Å². The molecule has 0 amide bonds. The van der Waals surface area contributed by atoms with E-state index in [4.69, 9.17) is 19.3 Å². The van der Waals surface area contributed by atoms with Crippen molar-refractivity contribution in [1.82, 2.24) is 0 Å². The number of nitrogens with one attached hydrogen (secondary N) is 1. The maximum Gasteiger partial charge on any atom is 0.335 e. The monoisotopic (exact) mass is 309 g/mol. The van der Waals surface area contributed by atoms with Crippen molar-refractivity contribution in [2.24, 2.45) is 0 Å². The average Bonchev–Trinajstić information content (AvgIpc) is 2.55. The summed E-state index contributed by atoms with van der Waals surface area (Å²) in [6, 6.07) is 6.63. The summed E-state index contributed by atoms with van der Waals surface area (Å²) in [6.45, 7) is 3.09. The van der Waals surface area contributed by atoms with Gasteiger partial charge in [-0.2, -0.15) is 0 Å². The van der Waals surface area contributed by atoms with Crippen LogP contribution >= 0.6 is 0 Å². The molecule has 1 aromatic carbocycles. The third-order valence-corrected chi connectivity index (χ3v) is 3.38. The molecule has 6 nitrogen and oxygen atoms in total. The SMILES string of the molecule is O=C(O)c1ccc(NCCOCCOC2CCCCO2)cc1. The molecule has 1 atom stereocenters. The second-order valence-corrected chi connectivity index (χ2v) is 5.09. The van der Waals surface area contributed by atoms with Gasteiger partial charge in [0.15, 0.2) is 6.29 Å². The third kappa shape index (κ3) is 6.01. The fourth-order valence-electron chi connectivity index (χ4n) is 2.18. The van der Waals surface area contributed by atoms with Gasteiger partial charge in [0, 0.05) is 18.8 Å². The first-order valence-electron chi connectivity index (χ1n) is 7.64. The van der Waals surface area contributed by atoms with Crippen LogP contribution in [0.25, 0.3) is 0 Å². The fraction of sp³-hybridized carbons (Fsp3) is 0.562. The Balaban J connectivity index is 1.49. The third-order valence-electron chi connectivity index (χ3n) is 3.38. The van der Waals surface area contributed by atoms with E-state index in [0.717, 1.165) is 31.6 Å². The molecular weight excluding hydrogens is 286 g/mol. The van der Waals surface area contributed by atoms with Crippen LogP contribution in [-0.2, 0) is 14.2 Å². The first kappa shape index (κ1) is 16.7. The Morgan fingerprint density at radius 3 is 2.73 bits per heavy atom. The number of anilines is 1. The van der Waals surface area contributed by atoms with Crippen molar-refractivity contribution in [2.75, 3.05) is 38.3 Å². The molecule has 0 saturated carbocycles. The van der Waals surface area contributed by atoms with E-state index in [0.29, 0.717) is 26.4 Å². The molecular formula is C16H23NO5. The van der Waals surface area contributed by atoms with Crippen LogP contribution in [0.5, 0.6) is 0 Å². The van der Waals surface area contributed by atoms with Crippen LogP contribution < -0.4 is 5.32 Å². The molecule has 1 heterocycles. The fourth-order valence-corrected chi connectivity index (χ4v) is 2.18. The quantitative estimate of drug-likeness (QED) is 0.682. The highest BCUT2D eigenvalue weighted by Crippen LogP contribution is 2.13. The molecule has 1 aromatic rings. The highest BCUT2D eigenvalue weighted by atomic mass is 16.7. The van der Waals surface area contributed by atoms with Crippen molar-refractivity contribution in [1.29, 1.82) is 0 Å². The second kappa shape index (κ2) is 9.40. The predicted octanol–water partition coefficient (Wildman–Crippen LogP) is 2.36. The lowest BCUT2D eigenvalue weighted by molar-refractivity contribution is -0.168. The summed E-state index contributed by atoms with van der Waals surface area (Å²) in [5.74, 6) is -0.920. The minimum atomic E-state index is -0.920. The van der Waals surface area contributed by atoms with E-state index in [9.17, 15) is 4.79 Å². The van der Waals surface area contributed by atoms with Gasteiger partial charge in [0.05, 0.1) is 25.4 Å². The summed E-state index contributed by atoms with van der Waals surface area (Å²) in [4.78, 5) is 10.7. The van der Waals surface area contributed by atoms with Crippen LogP contribution in [0.15, 0.2) is 24.3 Å². The van der Waals surface area contributed by atoms with E-state index in [2.05, 4.69) is 5.32 Å². The van der Waals surface area contributed by atoms with E-state index in [1.54, 1.807) is 24.3 Å². The molecule has 122 valence electrons.